The summed E-state index contributed by atoms with van der Waals surface area (Å²) in [5.41, 5.74) is 3.32. The average molecular weight is 369 g/mol. The Bertz CT molecular complexity index is 1090. The Morgan fingerprint density at radius 1 is 1.04 bits per heavy atom. The van der Waals surface area contributed by atoms with Crippen LogP contribution in [0.3, 0.4) is 0 Å². The second-order valence-corrected chi connectivity index (χ2v) is 6.87. The molecule has 0 aliphatic carbocycles. The predicted octanol–water partition coefficient (Wildman–Crippen LogP) is 4.76. The predicted molar refractivity (Wildman–Crippen MR) is 109 cm³/mol. The number of aromatic nitrogens is 3. The van der Waals surface area contributed by atoms with Crippen molar-refractivity contribution >= 4 is 39.2 Å². The number of nitriles is 1. The van der Waals surface area contributed by atoms with Gasteiger partial charge in [-0.05, 0) is 23.8 Å². The Hall–Kier alpha value is -3.56. The number of fused-ring (bicyclic) bond motifs is 1. The van der Waals surface area contributed by atoms with Crippen molar-refractivity contribution in [2.75, 3.05) is 5.32 Å². The topological polar surface area (TPSA) is 74.5 Å². The maximum absolute atomic E-state index is 9.53. The zero-order valence-corrected chi connectivity index (χ0v) is 15.1. The van der Waals surface area contributed by atoms with Crippen LogP contribution >= 0.6 is 11.3 Å². The maximum Gasteiger partial charge on any atom is 0.222 e. The fourth-order valence-corrected chi connectivity index (χ4v) is 3.51. The van der Waals surface area contributed by atoms with Crippen LogP contribution in [-0.4, -0.2) is 15.0 Å². The van der Waals surface area contributed by atoms with Crippen LogP contribution in [0.5, 0.6) is 0 Å². The summed E-state index contributed by atoms with van der Waals surface area (Å²) in [5.74, 6) is 0.550. The van der Waals surface area contributed by atoms with E-state index in [1.54, 1.807) is 18.5 Å². The second kappa shape index (κ2) is 7.77. The van der Waals surface area contributed by atoms with Crippen molar-refractivity contribution in [2.45, 2.75) is 6.54 Å². The molecule has 2 aromatic carbocycles. The van der Waals surface area contributed by atoms with Crippen LogP contribution in [0.25, 0.3) is 21.9 Å². The van der Waals surface area contributed by atoms with Gasteiger partial charge in [0.1, 0.15) is 11.1 Å². The first-order valence-corrected chi connectivity index (χ1v) is 9.21. The molecule has 0 saturated heterocycles. The molecular formula is C21H15N5S. The Morgan fingerprint density at radius 2 is 1.78 bits per heavy atom. The molecule has 2 heterocycles. The summed E-state index contributed by atoms with van der Waals surface area (Å²) in [6, 6.07) is 20.1. The number of hydrogen-bond donors (Lipinski definition) is 1. The monoisotopic (exact) mass is 369 g/mol. The molecule has 0 aliphatic heterocycles. The standard InChI is InChI=1S/C21H15N5S/c22-11-17(20-26-18-8-4-5-9-19(18)27-20)10-16-13-24-21(25-14-16)23-12-15-6-2-1-3-7-15/h1-10,13-14H,12H2,(H,23,24,25)/b17-10+. The van der Waals surface area contributed by atoms with E-state index in [4.69, 9.17) is 0 Å². The summed E-state index contributed by atoms with van der Waals surface area (Å²) in [6.45, 7) is 0.658. The van der Waals surface area contributed by atoms with Crippen molar-refractivity contribution in [1.82, 2.24) is 15.0 Å². The van der Waals surface area contributed by atoms with Gasteiger partial charge in [0.2, 0.25) is 5.95 Å². The highest BCUT2D eigenvalue weighted by Crippen LogP contribution is 2.27. The zero-order valence-electron chi connectivity index (χ0n) is 14.3. The Labute approximate surface area is 160 Å². The minimum atomic E-state index is 0.504. The largest absolute Gasteiger partial charge is 0.350 e. The lowest BCUT2D eigenvalue weighted by atomic mass is 10.2. The molecule has 1 N–H and O–H groups in total. The second-order valence-electron chi connectivity index (χ2n) is 5.84. The van der Waals surface area contributed by atoms with Gasteiger partial charge >= 0.3 is 0 Å². The van der Waals surface area contributed by atoms with Gasteiger partial charge in [0.05, 0.1) is 15.8 Å². The fraction of sp³-hybridized carbons (Fsp3) is 0.0476. The summed E-state index contributed by atoms with van der Waals surface area (Å²) in [5, 5.41) is 13.4. The molecule has 27 heavy (non-hydrogen) atoms. The van der Waals surface area contributed by atoms with Gasteiger partial charge in [-0.3, -0.25) is 0 Å². The fourth-order valence-electron chi connectivity index (χ4n) is 2.58. The summed E-state index contributed by atoms with van der Waals surface area (Å²) in [7, 11) is 0. The third-order valence-electron chi connectivity index (χ3n) is 3.92. The van der Waals surface area contributed by atoms with Crippen molar-refractivity contribution in [2.24, 2.45) is 0 Å². The molecule has 5 nitrogen and oxygen atoms in total. The van der Waals surface area contributed by atoms with Crippen LogP contribution in [0, 0.1) is 11.3 Å². The highest BCUT2D eigenvalue weighted by Gasteiger charge is 2.08. The lowest BCUT2D eigenvalue weighted by molar-refractivity contribution is 1.05. The molecule has 0 fully saturated rings. The van der Waals surface area contributed by atoms with Crippen LogP contribution in [0.1, 0.15) is 16.1 Å². The van der Waals surface area contributed by atoms with Gasteiger partial charge in [-0.1, -0.05) is 42.5 Å². The minimum Gasteiger partial charge on any atom is -0.350 e. The molecular weight excluding hydrogens is 354 g/mol. The number of hydrogen-bond acceptors (Lipinski definition) is 6. The highest BCUT2D eigenvalue weighted by molar-refractivity contribution is 7.19. The molecule has 0 amide bonds. The van der Waals surface area contributed by atoms with Crippen molar-refractivity contribution in [1.29, 1.82) is 5.26 Å². The number of allylic oxidation sites excluding steroid dienone is 1. The van der Waals surface area contributed by atoms with Crippen LogP contribution in [0.4, 0.5) is 5.95 Å². The normalized spacial score (nSPS) is 11.3. The van der Waals surface area contributed by atoms with Gasteiger partial charge in [-0.2, -0.15) is 5.26 Å². The Balaban J connectivity index is 1.51. The van der Waals surface area contributed by atoms with E-state index in [1.165, 1.54) is 11.3 Å². The van der Waals surface area contributed by atoms with Gasteiger partial charge in [0.15, 0.2) is 0 Å². The first-order chi connectivity index (χ1) is 13.3. The smallest absolute Gasteiger partial charge is 0.222 e. The molecule has 4 rings (SSSR count). The molecule has 0 spiro atoms. The molecule has 0 unspecified atom stereocenters. The van der Waals surface area contributed by atoms with Crippen molar-refractivity contribution in [3.8, 4) is 6.07 Å². The van der Waals surface area contributed by atoms with Crippen LogP contribution in [0.15, 0.2) is 67.0 Å². The first kappa shape index (κ1) is 16.9. The van der Waals surface area contributed by atoms with Crippen molar-refractivity contribution in [3.63, 3.8) is 0 Å². The lowest BCUT2D eigenvalue weighted by Crippen LogP contribution is -2.03. The Kier molecular flexibility index (Phi) is 4.86. The highest BCUT2D eigenvalue weighted by atomic mass is 32.1. The van der Waals surface area contributed by atoms with E-state index in [-0.39, 0.29) is 0 Å². The SMILES string of the molecule is N#C/C(=C\c1cnc(NCc2ccccc2)nc1)c1nc2ccccc2s1. The molecule has 0 saturated carbocycles. The third-order valence-corrected chi connectivity index (χ3v) is 4.99. The van der Waals surface area contributed by atoms with Crippen LogP contribution < -0.4 is 5.32 Å². The van der Waals surface area contributed by atoms with Crippen molar-refractivity contribution < 1.29 is 0 Å². The molecule has 6 heteroatoms. The number of nitrogens with zero attached hydrogens (tertiary/aromatic N) is 4. The molecule has 4 aromatic rings. The average Bonchev–Trinajstić information content (AvgIpc) is 3.16. The van der Waals surface area contributed by atoms with Gasteiger partial charge in [0.25, 0.3) is 0 Å². The van der Waals surface area contributed by atoms with Gasteiger partial charge in [0, 0.05) is 24.5 Å². The zero-order chi connectivity index (χ0) is 18.5. The van der Waals surface area contributed by atoms with Crippen molar-refractivity contribution in [3.05, 3.63) is 83.1 Å². The quantitative estimate of drug-likeness (QED) is 0.513. The molecule has 130 valence electrons. The number of anilines is 1. The van der Waals surface area contributed by atoms with E-state index in [0.29, 0.717) is 23.1 Å². The molecule has 0 bridgehead atoms. The van der Waals surface area contributed by atoms with Gasteiger partial charge < -0.3 is 5.32 Å². The molecule has 0 radical (unpaired) electrons. The summed E-state index contributed by atoms with van der Waals surface area (Å²) in [6.07, 6.45) is 5.16. The summed E-state index contributed by atoms with van der Waals surface area (Å²) in [4.78, 5) is 13.2. The van der Waals surface area contributed by atoms with E-state index in [2.05, 4.69) is 26.3 Å². The van der Waals surface area contributed by atoms with E-state index < -0.39 is 0 Å². The minimum absolute atomic E-state index is 0.504. The maximum atomic E-state index is 9.53. The van der Waals surface area contributed by atoms with Crippen LogP contribution in [0.2, 0.25) is 0 Å². The number of para-hydroxylation sites is 1. The number of thiazole rings is 1. The van der Waals surface area contributed by atoms with Gasteiger partial charge in [-0.25, -0.2) is 15.0 Å². The van der Waals surface area contributed by atoms with Crippen LogP contribution in [-0.2, 0) is 6.54 Å². The summed E-state index contributed by atoms with van der Waals surface area (Å²) >= 11 is 1.50. The van der Waals surface area contributed by atoms with E-state index in [9.17, 15) is 5.26 Å². The van der Waals surface area contributed by atoms with Gasteiger partial charge in [-0.15, -0.1) is 11.3 Å². The molecule has 2 aromatic heterocycles. The Morgan fingerprint density at radius 3 is 2.52 bits per heavy atom. The number of nitrogens with one attached hydrogen (secondary N) is 1. The third kappa shape index (κ3) is 4.00. The first-order valence-electron chi connectivity index (χ1n) is 8.39. The lowest BCUT2D eigenvalue weighted by Gasteiger charge is -2.04. The van der Waals surface area contributed by atoms with E-state index in [1.807, 2.05) is 54.6 Å². The van der Waals surface area contributed by atoms with E-state index >= 15 is 0 Å². The summed E-state index contributed by atoms with van der Waals surface area (Å²) < 4.78 is 1.06. The molecule has 0 aliphatic rings. The number of rotatable bonds is 5. The van der Waals surface area contributed by atoms with E-state index in [0.717, 1.165) is 21.3 Å². The number of benzene rings is 2. The molecule has 0 atom stereocenters.